The summed E-state index contributed by atoms with van der Waals surface area (Å²) in [7, 11) is 0. The maximum absolute atomic E-state index is 11.5. The van der Waals surface area contributed by atoms with Crippen LogP contribution in [0.5, 0.6) is 0 Å². The third-order valence-electron chi connectivity index (χ3n) is 6.84. The van der Waals surface area contributed by atoms with Crippen LogP contribution >= 0.6 is 0 Å². The average molecular weight is 308 g/mol. The predicted octanol–water partition coefficient (Wildman–Crippen LogP) is 4.53. The zero-order valence-corrected chi connectivity index (χ0v) is 14.9. The van der Waals surface area contributed by atoms with E-state index >= 15 is 0 Å². The van der Waals surface area contributed by atoms with Gasteiger partial charge in [-0.3, -0.25) is 4.79 Å². The summed E-state index contributed by atoms with van der Waals surface area (Å²) in [5.74, 6) is 1.15. The number of hydrogen-bond acceptors (Lipinski definition) is 3. The smallest absolute Gasteiger partial charge is 0.293 e. The van der Waals surface area contributed by atoms with Gasteiger partial charge in [-0.15, -0.1) is 0 Å². The molecule has 0 spiro atoms. The SMILES string of the molecule is CC(=O)CC[C@@H]1[C@@]2(C)CCCC(C)(C)[C@H]2CC[C@@]1(C)OC=O. The Balaban J connectivity index is 2.36. The summed E-state index contributed by atoms with van der Waals surface area (Å²) in [5, 5.41) is 0. The molecule has 126 valence electrons. The zero-order chi connectivity index (χ0) is 16.6. The van der Waals surface area contributed by atoms with E-state index in [4.69, 9.17) is 4.74 Å². The van der Waals surface area contributed by atoms with Gasteiger partial charge in [0.15, 0.2) is 0 Å². The quantitative estimate of drug-likeness (QED) is 0.701. The van der Waals surface area contributed by atoms with E-state index < -0.39 is 5.60 Å². The van der Waals surface area contributed by atoms with Gasteiger partial charge in [-0.25, -0.2) is 0 Å². The summed E-state index contributed by atoms with van der Waals surface area (Å²) in [6, 6.07) is 0. The fourth-order valence-corrected chi connectivity index (χ4v) is 5.84. The fourth-order valence-electron chi connectivity index (χ4n) is 5.84. The van der Waals surface area contributed by atoms with Gasteiger partial charge in [0.05, 0.1) is 0 Å². The summed E-state index contributed by atoms with van der Waals surface area (Å²) >= 11 is 0. The van der Waals surface area contributed by atoms with E-state index in [1.54, 1.807) is 6.92 Å². The van der Waals surface area contributed by atoms with Gasteiger partial charge < -0.3 is 9.53 Å². The highest BCUT2D eigenvalue weighted by atomic mass is 16.5. The lowest BCUT2D eigenvalue weighted by Crippen LogP contribution is -2.58. The molecule has 2 aliphatic rings. The lowest BCUT2D eigenvalue weighted by molar-refractivity contribution is -0.190. The number of fused-ring (bicyclic) bond motifs is 1. The maximum Gasteiger partial charge on any atom is 0.293 e. The van der Waals surface area contributed by atoms with Gasteiger partial charge in [0.2, 0.25) is 0 Å². The molecular formula is C19H32O3. The van der Waals surface area contributed by atoms with Crippen molar-refractivity contribution in [1.82, 2.24) is 0 Å². The van der Waals surface area contributed by atoms with E-state index in [-0.39, 0.29) is 17.1 Å². The second kappa shape index (κ2) is 5.98. The molecule has 0 aromatic heterocycles. The third kappa shape index (κ3) is 2.96. The van der Waals surface area contributed by atoms with Gasteiger partial charge in [0, 0.05) is 12.3 Å². The van der Waals surface area contributed by atoms with Gasteiger partial charge in [-0.1, -0.05) is 27.2 Å². The molecular weight excluding hydrogens is 276 g/mol. The van der Waals surface area contributed by atoms with Crippen molar-refractivity contribution in [2.45, 2.75) is 85.2 Å². The highest BCUT2D eigenvalue weighted by Crippen LogP contribution is 2.63. The zero-order valence-electron chi connectivity index (χ0n) is 14.9. The van der Waals surface area contributed by atoms with Crippen LogP contribution in [0, 0.1) is 22.7 Å². The van der Waals surface area contributed by atoms with Crippen LogP contribution in [0.2, 0.25) is 0 Å². The van der Waals surface area contributed by atoms with E-state index in [9.17, 15) is 9.59 Å². The van der Waals surface area contributed by atoms with E-state index in [1.165, 1.54) is 19.3 Å². The van der Waals surface area contributed by atoms with Gasteiger partial charge in [-0.2, -0.15) is 0 Å². The maximum atomic E-state index is 11.5. The van der Waals surface area contributed by atoms with Crippen LogP contribution in [0.1, 0.15) is 79.6 Å². The van der Waals surface area contributed by atoms with Gasteiger partial charge >= 0.3 is 0 Å². The van der Waals surface area contributed by atoms with E-state index in [0.717, 1.165) is 19.3 Å². The van der Waals surface area contributed by atoms with Gasteiger partial charge in [-0.05, 0) is 62.7 Å². The van der Waals surface area contributed by atoms with E-state index in [1.807, 2.05) is 0 Å². The molecule has 0 unspecified atom stereocenters. The molecule has 0 radical (unpaired) electrons. The van der Waals surface area contributed by atoms with Crippen LogP contribution in [-0.4, -0.2) is 17.9 Å². The molecule has 0 aliphatic heterocycles. The molecule has 2 fully saturated rings. The average Bonchev–Trinajstić information content (AvgIpc) is 2.36. The van der Waals surface area contributed by atoms with Crippen molar-refractivity contribution in [1.29, 1.82) is 0 Å². The van der Waals surface area contributed by atoms with Crippen molar-refractivity contribution >= 4 is 12.3 Å². The molecule has 0 amide bonds. The van der Waals surface area contributed by atoms with Crippen molar-refractivity contribution < 1.29 is 14.3 Å². The molecule has 3 nitrogen and oxygen atoms in total. The van der Waals surface area contributed by atoms with Crippen molar-refractivity contribution in [2.75, 3.05) is 0 Å². The van der Waals surface area contributed by atoms with E-state index in [2.05, 4.69) is 27.7 Å². The second-order valence-electron chi connectivity index (χ2n) is 8.76. The number of hydrogen-bond donors (Lipinski definition) is 0. The highest BCUT2D eigenvalue weighted by Gasteiger charge is 2.58. The van der Waals surface area contributed by atoms with Crippen LogP contribution in [0.4, 0.5) is 0 Å². The minimum absolute atomic E-state index is 0.160. The van der Waals surface area contributed by atoms with Gasteiger partial charge in [0.25, 0.3) is 6.47 Å². The minimum Gasteiger partial charge on any atom is -0.461 e. The Labute approximate surface area is 135 Å². The summed E-state index contributed by atoms with van der Waals surface area (Å²) in [5.41, 5.74) is 0.0765. The third-order valence-corrected chi connectivity index (χ3v) is 6.84. The summed E-state index contributed by atoms with van der Waals surface area (Å²) in [6.45, 7) is 11.5. The first-order valence-electron chi connectivity index (χ1n) is 8.77. The Bertz CT molecular complexity index is 442. The summed E-state index contributed by atoms with van der Waals surface area (Å²) < 4.78 is 5.61. The van der Waals surface area contributed by atoms with Crippen molar-refractivity contribution in [3.8, 4) is 0 Å². The number of rotatable bonds is 5. The summed E-state index contributed by atoms with van der Waals surface area (Å²) in [6.07, 6.45) is 7.14. The number of carbonyl (C=O) groups excluding carboxylic acids is 2. The van der Waals surface area contributed by atoms with Crippen LogP contribution in [-0.2, 0) is 14.3 Å². The van der Waals surface area contributed by atoms with Crippen LogP contribution in [0.25, 0.3) is 0 Å². The van der Waals surface area contributed by atoms with Crippen molar-refractivity contribution in [3.05, 3.63) is 0 Å². The molecule has 0 aromatic rings. The summed E-state index contributed by atoms with van der Waals surface area (Å²) in [4.78, 5) is 22.6. The number of ketones is 1. The molecule has 0 N–H and O–H groups in total. The fraction of sp³-hybridized carbons (Fsp3) is 0.895. The van der Waals surface area contributed by atoms with Crippen LogP contribution < -0.4 is 0 Å². The van der Waals surface area contributed by atoms with Crippen molar-refractivity contribution in [3.63, 3.8) is 0 Å². The lowest BCUT2D eigenvalue weighted by Gasteiger charge is -2.61. The Morgan fingerprint density at radius 2 is 1.86 bits per heavy atom. The first-order chi connectivity index (χ1) is 10.2. The molecule has 0 saturated heterocycles. The molecule has 4 atom stereocenters. The predicted molar refractivity (Wildman–Crippen MR) is 87.4 cm³/mol. The molecule has 2 aliphatic carbocycles. The number of carbonyl (C=O) groups is 2. The monoisotopic (exact) mass is 308 g/mol. The van der Waals surface area contributed by atoms with Crippen molar-refractivity contribution in [2.24, 2.45) is 22.7 Å². The Morgan fingerprint density at radius 3 is 2.45 bits per heavy atom. The van der Waals surface area contributed by atoms with Crippen LogP contribution in [0.3, 0.4) is 0 Å². The molecule has 0 heterocycles. The molecule has 0 bridgehead atoms. The largest absolute Gasteiger partial charge is 0.461 e. The highest BCUT2D eigenvalue weighted by molar-refractivity contribution is 5.75. The van der Waals surface area contributed by atoms with E-state index in [0.29, 0.717) is 24.2 Å². The number of ether oxygens (including phenoxy) is 1. The Morgan fingerprint density at radius 1 is 1.18 bits per heavy atom. The van der Waals surface area contributed by atoms with Crippen LogP contribution in [0.15, 0.2) is 0 Å². The second-order valence-corrected chi connectivity index (χ2v) is 8.76. The Hall–Kier alpha value is -0.860. The normalized spacial score (nSPS) is 40.6. The molecule has 3 heteroatoms. The molecule has 2 rings (SSSR count). The topological polar surface area (TPSA) is 43.4 Å². The molecule has 0 aromatic carbocycles. The van der Waals surface area contributed by atoms with Gasteiger partial charge in [0.1, 0.15) is 11.4 Å². The molecule has 2 saturated carbocycles. The standard InChI is InChI=1S/C19H32O3/c1-14(21)7-8-16-18(4)11-6-10-17(2,3)15(18)9-12-19(16,5)22-13-20/h13,15-16H,6-12H2,1-5H3/t15-,16-,18+,19-/m1/s1. The lowest BCUT2D eigenvalue weighted by atomic mass is 9.45. The Kier molecular flexibility index (Phi) is 4.75. The number of Topliss-reactive ketones (excluding diaryl/α,β-unsaturated/α-hetero) is 1. The first-order valence-corrected chi connectivity index (χ1v) is 8.77. The first kappa shape index (κ1) is 17.5. The molecule has 22 heavy (non-hydrogen) atoms. The minimum atomic E-state index is -0.421.